The first-order valence-corrected chi connectivity index (χ1v) is 5.72. The van der Waals surface area contributed by atoms with E-state index in [-0.39, 0.29) is 17.8 Å². The van der Waals surface area contributed by atoms with Crippen molar-refractivity contribution in [3.63, 3.8) is 0 Å². The molecule has 0 aromatic heterocycles. The average molecular weight is 212 g/mol. The summed E-state index contributed by atoms with van der Waals surface area (Å²) >= 11 is 1.50. The minimum Gasteiger partial charge on any atom is -0.507 e. The topological polar surface area (TPSA) is 40.5 Å². The van der Waals surface area contributed by atoms with E-state index in [0.717, 1.165) is 10.5 Å². The van der Waals surface area contributed by atoms with Crippen LogP contribution in [-0.2, 0) is 5.41 Å². The molecule has 0 saturated heterocycles. The smallest absolute Gasteiger partial charge is 0.129 e. The van der Waals surface area contributed by atoms with Gasteiger partial charge in [0.05, 0.1) is 11.5 Å². The van der Waals surface area contributed by atoms with Gasteiger partial charge in [-0.15, -0.1) is 11.8 Å². The highest BCUT2D eigenvalue weighted by Gasteiger charge is 2.23. The second-order valence-electron chi connectivity index (χ2n) is 3.90. The van der Waals surface area contributed by atoms with Crippen molar-refractivity contribution in [2.45, 2.75) is 24.2 Å². The zero-order valence-corrected chi connectivity index (χ0v) is 9.56. The van der Waals surface area contributed by atoms with E-state index < -0.39 is 0 Å². The van der Waals surface area contributed by atoms with Crippen LogP contribution in [0, 0.1) is 0 Å². The summed E-state index contributed by atoms with van der Waals surface area (Å²) in [5.41, 5.74) is 0.685. The van der Waals surface area contributed by atoms with Gasteiger partial charge < -0.3 is 10.2 Å². The Morgan fingerprint density at radius 2 is 2.00 bits per heavy atom. The molecule has 0 radical (unpaired) electrons. The third-order valence-electron chi connectivity index (χ3n) is 2.32. The van der Waals surface area contributed by atoms with Gasteiger partial charge in [-0.1, -0.05) is 26.0 Å². The molecular formula is C11H16O2S. The number of benzene rings is 1. The Kier molecular flexibility index (Phi) is 3.45. The lowest BCUT2D eigenvalue weighted by Crippen LogP contribution is -2.22. The Morgan fingerprint density at radius 1 is 1.36 bits per heavy atom. The fraction of sp³-hybridized carbons (Fsp3) is 0.455. The van der Waals surface area contributed by atoms with Gasteiger partial charge >= 0.3 is 0 Å². The molecule has 0 atom stereocenters. The molecule has 3 heteroatoms. The number of hydrogen-bond acceptors (Lipinski definition) is 3. The van der Waals surface area contributed by atoms with Crippen molar-refractivity contribution in [2.75, 3.05) is 12.9 Å². The molecule has 0 bridgehead atoms. The molecule has 0 aliphatic rings. The van der Waals surface area contributed by atoms with Crippen LogP contribution in [0.3, 0.4) is 0 Å². The Bertz CT molecular complexity index is 321. The maximum absolute atomic E-state index is 9.65. The summed E-state index contributed by atoms with van der Waals surface area (Å²) in [6, 6.07) is 5.42. The molecule has 0 unspecified atom stereocenters. The summed E-state index contributed by atoms with van der Waals surface area (Å²) in [5, 5.41) is 18.9. The second kappa shape index (κ2) is 4.24. The van der Waals surface area contributed by atoms with E-state index in [2.05, 4.69) is 0 Å². The molecule has 2 nitrogen and oxygen atoms in total. The summed E-state index contributed by atoms with van der Waals surface area (Å²) < 4.78 is 0. The molecule has 1 rings (SSSR count). The number of aromatic hydroxyl groups is 1. The van der Waals surface area contributed by atoms with Gasteiger partial charge in [-0.05, 0) is 17.9 Å². The first-order valence-electron chi connectivity index (χ1n) is 4.50. The van der Waals surface area contributed by atoms with E-state index in [1.165, 1.54) is 11.8 Å². The van der Waals surface area contributed by atoms with Crippen LogP contribution in [0.5, 0.6) is 5.75 Å². The fourth-order valence-corrected chi connectivity index (χ4v) is 2.20. The third-order valence-corrected chi connectivity index (χ3v) is 3.16. The summed E-state index contributed by atoms with van der Waals surface area (Å²) in [6.45, 7) is 3.99. The molecule has 1 aromatic carbocycles. The summed E-state index contributed by atoms with van der Waals surface area (Å²) in [4.78, 5) is 0.853. The van der Waals surface area contributed by atoms with Crippen molar-refractivity contribution in [2.24, 2.45) is 0 Å². The fourth-order valence-electron chi connectivity index (χ4n) is 1.36. The Labute approximate surface area is 89.0 Å². The van der Waals surface area contributed by atoms with E-state index in [0.29, 0.717) is 0 Å². The van der Waals surface area contributed by atoms with Gasteiger partial charge in [0, 0.05) is 5.41 Å². The van der Waals surface area contributed by atoms with Crippen molar-refractivity contribution in [3.8, 4) is 5.75 Å². The monoisotopic (exact) mass is 212 g/mol. The number of hydrogen-bond donors (Lipinski definition) is 2. The standard InChI is InChI=1S/C11H16O2S/c1-11(2,7-12)8-5-4-6-9(13)10(8)14-3/h4-6,12-13H,7H2,1-3H3. The second-order valence-corrected chi connectivity index (χ2v) is 4.72. The van der Waals surface area contributed by atoms with E-state index in [1.807, 2.05) is 32.2 Å². The zero-order chi connectivity index (χ0) is 10.8. The van der Waals surface area contributed by atoms with Crippen molar-refractivity contribution in [3.05, 3.63) is 23.8 Å². The molecular weight excluding hydrogens is 196 g/mol. The highest BCUT2D eigenvalue weighted by atomic mass is 32.2. The maximum Gasteiger partial charge on any atom is 0.129 e. The average Bonchev–Trinajstić information content (AvgIpc) is 2.17. The summed E-state index contributed by atoms with van der Waals surface area (Å²) in [7, 11) is 0. The molecule has 0 spiro atoms. The lowest BCUT2D eigenvalue weighted by Gasteiger charge is -2.25. The minimum atomic E-state index is -0.308. The Balaban J connectivity index is 3.27. The molecule has 0 heterocycles. The highest BCUT2D eigenvalue weighted by Crippen LogP contribution is 2.36. The molecule has 14 heavy (non-hydrogen) atoms. The number of phenolic OH excluding ortho intramolecular Hbond substituents is 1. The van der Waals surface area contributed by atoms with Gasteiger partial charge in [0.15, 0.2) is 0 Å². The summed E-state index contributed by atoms with van der Waals surface area (Å²) in [5.74, 6) is 0.288. The van der Waals surface area contributed by atoms with Crippen LogP contribution in [0.4, 0.5) is 0 Å². The lowest BCUT2D eigenvalue weighted by atomic mass is 9.85. The van der Waals surface area contributed by atoms with Crippen LogP contribution in [-0.4, -0.2) is 23.1 Å². The molecule has 0 aliphatic carbocycles. The Hall–Kier alpha value is -0.670. The SMILES string of the molecule is CSc1c(O)cccc1C(C)(C)CO. The van der Waals surface area contributed by atoms with Crippen LogP contribution in [0.1, 0.15) is 19.4 Å². The van der Waals surface area contributed by atoms with Gasteiger partial charge in [0.2, 0.25) is 0 Å². The van der Waals surface area contributed by atoms with Crippen LogP contribution >= 0.6 is 11.8 Å². The highest BCUT2D eigenvalue weighted by molar-refractivity contribution is 7.98. The van der Waals surface area contributed by atoms with E-state index >= 15 is 0 Å². The Morgan fingerprint density at radius 3 is 2.50 bits per heavy atom. The summed E-state index contributed by atoms with van der Waals surface area (Å²) in [6.07, 6.45) is 1.92. The molecule has 0 fully saturated rings. The van der Waals surface area contributed by atoms with E-state index in [4.69, 9.17) is 0 Å². The zero-order valence-electron chi connectivity index (χ0n) is 8.74. The van der Waals surface area contributed by atoms with Gasteiger partial charge in [-0.25, -0.2) is 0 Å². The van der Waals surface area contributed by atoms with Crippen LogP contribution in [0.15, 0.2) is 23.1 Å². The first kappa shape index (κ1) is 11.4. The van der Waals surface area contributed by atoms with Crippen molar-refractivity contribution >= 4 is 11.8 Å². The predicted octanol–water partition coefficient (Wildman–Crippen LogP) is 2.38. The normalized spacial score (nSPS) is 11.7. The van der Waals surface area contributed by atoms with Crippen molar-refractivity contribution in [1.82, 2.24) is 0 Å². The van der Waals surface area contributed by atoms with Gasteiger partial charge in [0.25, 0.3) is 0 Å². The molecule has 0 aliphatic heterocycles. The minimum absolute atomic E-state index is 0.0734. The van der Waals surface area contributed by atoms with Gasteiger partial charge in [-0.2, -0.15) is 0 Å². The first-order chi connectivity index (χ1) is 6.53. The van der Waals surface area contributed by atoms with E-state index in [9.17, 15) is 10.2 Å². The number of phenols is 1. The molecule has 1 aromatic rings. The number of aliphatic hydroxyl groups excluding tert-OH is 1. The third kappa shape index (κ3) is 2.04. The van der Waals surface area contributed by atoms with Gasteiger partial charge in [-0.3, -0.25) is 0 Å². The van der Waals surface area contributed by atoms with Crippen LogP contribution < -0.4 is 0 Å². The van der Waals surface area contributed by atoms with Crippen molar-refractivity contribution < 1.29 is 10.2 Å². The number of aliphatic hydroxyl groups is 1. The predicted molar refractivity (Wildman–Crippen MR) is 60.0 cm³/mol. The van der Waals surface area contributed by atoms with Crippen LogP contribution in [0.25, 0.3) is 0 Å². The molecule has 78 valence electrons. The molecule has 0 amide bonds. The number of rotatable bonds is 3. The van der Waals surface area contributed by atoms with Crippen LogP contribution in [0.2, 0.25) is 0 Å². The lowest BCUT2D eigenvalue weighted by molar-refractivity contribution is 0.216. The van der Waals surface area contributed by atoms with Gasteiger partial charge in [0.1, 0.15) is 5.75 Å². The molecule has 2 N–H and O–H groups in total. The number of thioether (sulfide) groups is 1. The maximum atomic E-state index is 9.65. The van der Waals surface area contributed by atoms with E-state index in [1.54, 1.807) is 6.07 Å². The largest absolute Gasteiger partial charge is 0.507 e. The molecule has 0 saturated carbocycles. The quantitative estimate of drug-likeness (QED) is 0.756. The van der Waals surface area contributed by atoms with Crippen molar-refractivity contribution in [1.29, 1.82) is 0 Å².